The number of piperazine rings is 1. The third-order valence-corrected chi connectivity index (χ3v) is 6.38. The fourth-order valence-corrected chi connectivity index (χ4v) is 4.40. The number of pyridine rings is 1. The monoisotopic (exact) mass is 456 g/mol. The summed E-state index contributed by atoms with van der Waals surface area (Å²) < 4.78 is 16.3. The molecule has 0 radical (unpaired) electrons. The number of aromatic amines is 1. The lowest BCUT2D eigenvalue weighted by Gasteiger charge is -2.41. The molecule has 3 heterocycles. The molecule has 4 rings (SSSR count). The van der Waals surface area contributed by atoms with E-state index in [9.17, 15) is 14.0 Å². The van der Waals surface area contributed by atoms with Crippen LogP contribution in [0.25, 0.3) is 10.9 Å². The Hall–Kier alpha value is -3.11. The normalized spacial score (nSPS) is 17.0. The third-order valence-electron chi connectivity index (χ3n) is 5.88. The van der Waals surface area contributed by atoms with E-state index in [1.807, 2.05) is 18.2 Å². The van der Waals surface area contributed by atoms with Crippen molar-refractivity contribution in [1.82, 2.24) is 24.8 Å². The van der Waals surface area contributed by atoms with Gasteiger partial charge in [-0.25, -0.2) is 14.2 Å². The first-order valence-electron chi connectivity index (χ1n) is 10.4. The van der Waals surface area contributed by atoms with Gasteiger partial charge in [0.15, 0.2) is 11.5 Å². The number of carbonyl (C=O) groups excluding carboxylic acids is 1. The zero-order valence-corrected chi connectivity index (χ0v) is 19.0. The third kappa shape index (κ3) is 4.15. The second-order valence-electron chi connectivity index (χ2n) is 8.05. The van der Waals surface area contributed by atoms with Crippen LogP contribution in [0.4, 0.5) is 10.1 Å². The molecule has 1 aromatic carbocycles. The average molecular weight is 457 g/mol. The Bertz CT molecular complexity index is 1300. The summed E-state index contributed by atoms with van der Waals surface area (Å²) in [5, 5.41) is 3.24. The van der Waals surface area contributed by atoms with Gasteiger partial charge in [0.1, 0.15) is 4.64 Å². The molecule has 0 spiro atoms. The maximum absolute atomic E-state index is 14.3. The number of hydrogen-bond acceptors (Lipinski definition) is 6. The Morgan fingerprint density at radius 1 is 1.34 bits per heavy atom. The Morgan fingerprint density at radius 2 is 2.12 bits per heavy atom. The second kappa shape index (κ2) is 8.79. The minimum Gasteiger partial charge on any atom is -0.365 e. The lowest BCUT2D eigenvalue weighted by molar-refractivity contribution is 0.0953. The van der Waals surface area contributed by atoms with Gasteiger partial charge < -0.3 is 15.2 Å². The molecule has 1 unspecified atom stereocenters. The maximum atomic E-state index is 14.3. The predicted molar refractivity (Wildman–Crippen MR) is 124 cm³/mol. The zero-order chi connectivity index (χ0) is 23.0. The number of fused-ring (bicyclic) bond motifs is 1. The van der Waals surface area contributed by atoms with Crippen molar-refractivity contribution in [3.63, 3.8) is 0 Å². The van der Waals surface area contributed by atoms with Crippen LogP contribution in [0.1, 0.15) is 23.0 Å². The molecule has 0 bridgehead atoms. The van der Waals surface area contributed by atoms with Gasteiger partial charge in [0.05, 0.1) is 17.4 Å². The quantitative estimate of drug-likeness (QED) is 0.586. The van der Waals surface area contributed by atoms with Crippen molar-refractivity contribution < 1.29 is 9.18 Å². The lowest BCUT2D eigenvalue weighted by atomic mass is 10.1. The number of nitrogens with zero attached hydrogens (tertiary/aromatic N) is 4. The predicted octanol–water partition coefficient (Wildman–Crippen LogP) is 2.20. The van der Waals surface area contributed by atoms with Gasteiger partial charge >= 0.3 is 5.69 Å². The molecule has 0 aliphatic carbocycles. The average Bonchev–Trinajstić information content (AvgIpc) is 2.77. The zero-order valence-electron chi connectivity index (χ0n) is 18.2. The summed E-state index contributed by atoms with van der Waals surface area (Å²) in [6.07, 6.45) is 1.55. The molecule has 3 aromatic rings. The minimum atomic E-state index is -0.629. The summed E-state index contributed by atoms with van der Waals surface area (Å²) in [7, 11) is 3.10. The molecule has 1 aliphatic heterocycles. The van der Waals surface area contributed by atoms with Crippen LogP contribution in [0.15, 0.2) is 35.3 Å². The van der Waals surface area contributed by atoms with Crippen molar-refractivity contribution in [3.05, 3.63) is 62.7 Å². The smallest absolute Gasteiger partial charge is 0.326 e. The van der Waals surface area contributed by atoms with E-state index in [0.717, 1.165) is 36.1 Å². The largest absolute Gasteiger partial charge is 0.365 e. The number of H-pyrrole nitrogens is 1. The summed E-state index contributed by atoms with van der Waals surface area (Å²) in [5.74, 6) is -1.17. The Morgan fingerprint density at radius 3 is 2.81 bits per heavy atom. The van der Waals surface area contributed by atoms with Gasteiger partial charge in [-0.15, -0.1) is 0 Å². The van der Waals surface area contributed by atoms with E-state index in [-0.39, 0.29) is 17.4 Å². The highest BCUT2D eigenvalue weighted by molar-refractivity contribution is 7.71. The number of aromatic nitrogens is 3. The van der Waals surface area contributed by atoms with Gasteiger partial charge in [0, 0.05) is 57.8 Å². The van der Waals surface area contributed by atoms with Crippen LogP contribution in [0.2, 0.25) is 0 Å². The Balaban J connectivity index is 1.48. The topological polar surface area (TPSA) is 86.3 Å². The second-order valence-corrected chi connectivity index (χ2v) is 8.44. The summed E-state index contributed by atoms with van der Waals surface area (Å²) in [6.45, 7) is 5.08. The van der Waals surface area contributed by atoms with E-state index in [2.05, 4.69) is 32.0 Å². The minimum absolute atomic E-state index is 0.134. The van der Waals surface area contributed by atoms with Gasteiger partial charge in [-0.1, -0.05) is 18.3 Å². The van der Waals surface area contributed by atoms with E-state index in [4.69, 9.17) is 12.2 Å². The van der Waals surface area contributed by atoms with E-state index in [0.29, 0.717) is 16.9 Å². The Labute approximate surface area is 189 Å². The van der Waals surface area contributed by atoms with E-state index in [1.165, 1.54) is 17.7 Å². The van der Waals surface area contributed by atoms with E-state index < -0.39 is 11.7 Å². The van der Waals surface area contributed by atoms with Gasteiger partial charge in [-0.3, -0.25) is 14.3 Å². The SMILES string of the molecule is CNC(=O)c1ncc(N2CCN(Cc3ccc4c(=S)n(C)c(=O)[nH]c4c3)CC2C)cc1F. The van der Waals surface area contributed by atoms with Crippen LogP contribution in [0.5, 0.6) is 0 Å². The summed E-state index contributed by atoms with van der Waals surface area (Å²) >= 11 is 5.37. The number of carbonyl (C=O) groups is 1. The lowest BCUT2D eigenvalue weighted by Crippen LogP contribution is -2.51. The van der Waals surface area contributed by atoms with Crippen LogP contribution in [-0.4, -0.2) is 58.1 Å². The van der Waals surface area contributed by atoms with Crippen LogP contribution < -0.4 is 15.9 Å². The molecule has 1 fully saturated rings. The van der Waals surface area contributed by atoms with Crippen LogP contribution in [0, 0.1) is 10.5 Å². The van der Waals surface area contributed by atoms with Gasteiger partial charge in [-0.2, -0.15) is 0 Å². The number of anilines is 1. The molecular weight excluding hydrogens is 431 g/mol. The van der Waals surface area contributed by atoms with Crippen LogP contribution in [-0.2, 0) is 13.6 Å². The molecule has 2 aromatic heterocycles. The van der Waals surface area contributed by atoms with Crippen LogP contribution >= 0.6 is 12.2 Å². The van der Waals surface area contributed by atoms with Crippen molar-refractivity contribution in [3.8, 4) is 0 Å². The molecular formula is C22H25FN6O2S. The fourth-order valence-electron chi connectivity index (χ4n) is 4.14. The number of nitrogens with one attached hydrogen (secondary N) is 2. The highest BCUT2D eigenvalue weighted by Gasteiger charge is 2.25. The highest BCUT2D eigenvalue weighted by atomic mass is 32.1. The number of benzene rings is 1. The molecule has 1 atom stereocenters. The van der Waals surface area contributed by atoms with Crippen molar-refractivity contribution in [2.45, 2.75) is 19.5 Å². The molecule has 32 heavy (non-hydrogen) atoms. The van der Waals surface area contributed by atoms with Gasteiger partial charge in [-0.05, 0) is 24.6 Å². The van der Waals surface area contributed by atoms with Crippen molar-refractivity contribution in [1.29, 1.82) is 0 Å². The molecule has 168 valence electrons. The molecule has 0 saturated carbocycles. The number of halogens is 1. The van der Waals surface area contributed by atoms with Crippen LogP contribution in [0.3, 0.4) is 0 Å². The van der Waals surface area contributed by atoms with Crippen molar-refractivity contribution in [2.24, 2.45) is 7.05 Å². The number of rotatable bonds is 4. The first-order valence-corrected chi connectivity index (χ1v) is 10.8. The van der Waals surface area contributed by atoms with E-state index >= 15 is 0 Å². The molecule has 10 heteroatoms. The van der Waals surface area contributed by atoms with Gasteiger partial charge in [0.2, 0.25) is 0 Å². The fraction of sp³-hybridized carbons (Fsp3) is 0.364. The molecule has 1 amide bonds. The molecule has 2 N–H and O–H groups in total. The maximum Gasteiger partial charge on any atom is 0.326 e. The highest BCUT2D eigenvalue weighted by Crippen LogP contribution is 2.23. The molecule has 1 saturated heterocycles. The molecule has 1 aliphatic rings. The standard InChI is InChI=1S/C22H25FN6O2S/c1-13-11-28(6-7-29(13)15-9-17(23)19(25-10-15)20(30)24-2)12-14-4-5-16-18(8-14)26-22(31)27(3)21(16)32/h4-5,8-10,13H,6-7,11-12H2,1-3H3,(H,24,30)(H,26,31). The summed E-state index contributed by atoms with van der Waals surface area (Å²) in [5.41, 5.74) is 2.05. The van der Waals surface area contributed by atoms with Crippen molar-refractivity contribution in [2.75, 3.05) is 31.6 Å². The van der Waals surface area contributed by atoms with E-state index in [1.54, 1.807) is 13.2 Å². The Kier molecular flexibility index (Phi) is 6.07. The summed E-state index contributed by atoms with van der Waals surface area (Å²) in [4.78, 5) is 35.0. The van der Waals surface area contributed by atoms with Crippen molar-refractivity contribution >= 4 is 34.7 Å². The number of hydrogen-bond donors (Lipinski definition) is 2. The summed E-state index contributed by atoms with van der Waals surface area (Å²) in [6, 6.07) is 7.46. The first kappa shape index (κ1) is 22.1. The number of amides is 1. The van der Waals surface area contributed by atoms with Gasteiger partial charge in [0.25, 0.3) is 5.91 Å². The molecule has 8 nitrogen and oxygen atoms in total. The first-order chi connectivity index (χ1) is 15.3.